The highest BCUT2D eigenvalue weighted by Gasteiger charge is 2.36. The maximum Gasteiger partial charge on any atom is 0.294 e. The van der Waals surface area contributed by atoms with Gasteiger partial charge in [0.1, 0.15) is 6.54 Å². The summed E-state index contributed by atoms with van der Waals surface area (Å²) < 4.78 is 0.743. The molecule has 0 saturated carbocycles. The van der Waals surface area contributed by atoms with Crippen molar-refractivity contribution in [1.82, 2.24) is 4.90 Å². The third-order valence-corrected chi connectivity index (χ3v) is 5.77. The van der Waals surface area contributed by atoms with E-state index in [0.29, 0.717) is 10.6 Å². The fourth-order valence-electron chi connectivity index (χ4n) is 2.19. The first-order chi connectivity index (χ1) is 11.9. The van der Waals surface area contributed by atoms with Crippen molar-refractivity contribution >= 4 is 67.8 Å². The van der Waals surface area contributed by atoms with Crippen LogP contribution in [-0.4, -0.2) is 28.5 Å². The molecule has 128 valence electrons. The Kier molecular flexibility index (Phi) is 5.41. The van der Waals surface area contributed by atoms with Crippen LogP contribution in [0, 0.1) is 6.92 Å². The standard InChI is InChI=1S/C17H13BrN2O3S2/c1-10-4-5-13(12(18)7-10)19-15(21)9-20-16(22)14(25-17(20)23)8-11-3-2-6-24-11/h2-8H,9H2,1H3,(H,19,21)/b14-8-. The average molecular weight is 437 g/mol. The number of halogens is 1. The van der Waals surface area contributed by atoms with Gasteiger partial charge in [-0.1, -0.05) is 12.1 Å². The zero-order valence-electron chi connectivity index (χ0n) is 13.1. The molecule has 3 rings (SSSR count). The number of hydrogen-bond acceptors (Lipinski definition) is 5. The van der Waals surface area contributed by atoms with Crippen LogP contribution in [0.5, 0.6) is 0 Å². The molecule has 0 radical (unpaired) electrons. The summed E-state index contributed by atoms with van der Waals surface area (Å²) in [7, 11) is 0. The molecule has 0 aliphatic carbocycles. The molecule has 1 fully saturated rings. The van der Waals surface area contributed by atoms with Crippen molar-refractivity contribution in [2.75, 3.05) is 11.9 Å². The van der Waals surface area contributed by atoms with E-state index < -0.39 is 17.1 Å². The molecular formula is C17H13BrN2O3S2. The highest BCUT2D eigenvalue weighted by atomic mass is 79.9. The third-order valence-electron chi connectivity index (χ3n) is 3.39. The maximum absolute atomic E-state index is 12.4. The first-order valence-electron chi connectivity index (χ1n) is 7.29. The number of thiophene rings is 1. The van der Waals surface area contributed by atoms with Crippen LogP contribution in [0.3, 0.4) is 0 Å². The van der Waals surface area contributed by atoms with E-state index in [1.807, 2.05) is 36.6 Å². The molecule has 3 amide bonds. The number of carbonyl (C=O) groups is 3. The van der Waals surface area contributed by atoms with E-state index in [4.69, 9.17) is 0 Å². The Balaban J connectivity index is 1.69. The minimum Gasteiger partial charge on any atom is -0.324 e. The van der Waals surface area contributed by atoms with Crippen molar-refractivity contribution in [2.45, 2.75) is 6.92 Å². The molecule has 1 aromatic carbocycles. The number of aryl methyl sites for hydroxylation is 1. The molecule has 0 spiro atoms. The van der Waals surface area contributed by atoms with Crippen LogP contribution >= 0.6 is 39.0 Å². The molecule has 1 saturated heterocycles. The Labute approximate surface area is 161 Å². The summed E-state index contributed by atoms with van der Waals surface area (Å²) in [5.41, 5.74) is 1.64. The number of benzene rings is 1. The SMILES string of the molecule is Cc1ccc(NC(=O)CN2C(=O)S/C(=C\c3cccs3)C2=O)c(Br)c1. The molecule has 5 nitrogen and oxygen atoms in total. The predicted octanol–water partition coefficient (Wildman–Crippen LogP) is 4.49. The van der Waals surface area contributed by atoms with E-state index in [-0.39, 0.29) is 6.54 Å². The summed E-state index contributed by atoms with van der Waals surface area (Å²) in [6, 6.07) is 9.24. The number of anilines is 1. The molecule has 1 aliphatic rings. The lowest BCUT2D eigenvalue weighted by Gasteiger charge is -2.13. The number of nitrogens with one attached hydrogen (secondary N) is 1. The van der Waals surface area contributed by atoms with E-state index in [9.17, 15) is 14.4 Å². The topological polar surface area (TPSA) is 66.5 Å². The Morgan fingerprint density at radius 1 is 1.32 bits per heavy atom. The lowest BCUT2D eigenvalue weighted by Crippen LogP contribution is -2.36. The molecule has 0 unspecified atom stereocenters. The summed E-state index contributed by atoms with van der Waals surface area (Å²) in [6.45, 7) is 1.63. The average Bonchev–Trinajstić information content (AvgIpc) is 3.15. The van der Waals surface area contributed by atoms with E-state index in [1.165, 1.54) is 11.3 Å². The lowest BCUT2D eigenvalue weighted by molar-refractivity contribution is -0.127. The predicted molar refractivity (Wildman–Crippen MR) is 105 cm³/mol. The summed E-state index contributed by atoms with van der Waals surface area (Å²) in [4.78, 5) is 38.8. The molecule has 8 heteroatoms. The van der Waals surface area contributed by atoms with Crippen LogP contribution in [0.2, 0.25) is 0 Å². The number of carbonyl (C=O) groups excluding carboxylic acids is 3. The zero-order valence-corrected chi connectivity index (χ0v) is 16.3. The fraction of sp³-hybridized carbons (Fsp3) is 0.118. The number of nitrogens with zero attached hydrogens (tertiary/aromatic N) is 1. The Morgan fingerprint density at radius 2 is 2.12 bits per heavy atom. The molecule has 2 aromatic rings. The van der Waals surface area contributed by atoms with Crippen LogP contribution in [0.1, 0.15) is 10.4 Å². The van der Waals surface area contributed by atoms with Gasteiger partial charge in [-0.3, -0.25) is 19.3 Å². The first-order valence-corrected chi connectivity index (χ1v) is 9.78. The van der Waals surface area contributed by atoms with Crippen molar-refractivity contribution in [3.05, 3.63) is 55.5 Å². The van der Waals surface area contributed by atoms with Gasteiger partial charge >= 0.3 is 0 Å². The molecule has 1 N–H and O–H groups in total. The number of imide groups is 1. The van der Waals surface area contributed by atoms with Gasteiger partial charge in [-0.25, -0.2) is 0 Å². The van der Waals surface area contributed by atoms with Gasteiger partial charge < -0.3 is 5.32 Å². The van der Waals surface area contributed by atoms with Gasteiger partial charge in [-0.05, 0) is 69.8 Å². The van der Waals surface area contributed by atoms with Gasteiger partial charge in [-0.2, -0.15) is 0 Å². The second-order valence-corrected chi connectivity index (χ2v) is 8.14. The van der Waals surface area contributed by atoms with Gasteiger partial charge in [0, 0.05) is 9.35 Å². The van der Waals surface area contributed by atoms with Gasteiger partial charge in [0.25, 0.3) is 11.1 Å². The van der Waals surface area contributed by atoms with Crippen molar-refractivity contribution < 1.29 is 14.4 Å². The molecule has 1 aliphatic heterocycles. The summed E-state index contributed by atoms with van der Waals surface area (Å²) in [5.74, 6) is -0.870. The first kappa shape index (κ1) is 17.9. The number of thioether (sulfide) groups is 1. The van der Waals surface area contributed by atoms with Crippen molar-refractivity contribution in [3.63, 3.8) is 0 Å². The van der Waals surface area contributed by atoms with Crippen LogP contribution < -0.4 is 5.32 Å². The molecule has 25 heavy (non-hydrogen) atoms. The zero-order chi connectivity index (χ0) is 18.0. The van der Waals surface area contributed by atoms with Crippen LogP contribution in [-0.2, 0) is 9.59 Å². The van der Waals surface area contributed by atoms with Crippen molar-refractivity contribution in [3.8, 4) is 0 Å². The monoisotopic (exact) mass is 436 g/mol. The minimum absolute atomic E-state index is 0.313. The van der Waals surface area contributed by atoms with Gasteiger partial charge in [0.05, 0.1) is 10.6 Å². The maximum atomic E-state index is 12.4. The highest BCUT2D eigenvalue weighted by Crippen LogP contribution is 2.33. The van der Waals surface area contributed by atoms with Gasteiger partial charge in [0.2, 0.25) is 5.91 Å². The Bertz CT molecular complexity index is 878. The quantitative estimate of drug-likeness (QED) is 0.716. The largest absolute Gasteiger partial charge is 0.324 e. The fourth-order valence-corrected chi connectivity index (χ4v) is 4.35. The van der Waals surface area contributed by atoms with Crippen LogP contribution in [0.4, 0.5) is 10.5 Å². The number of rotatable bonds is 4. The van der Waals surface area contributed by atoms with Gasteiger partial charge in [0.15, 0.2) is 0 Å². The lowest BCUT2D eigenvalue weighted by atomic mass is 10.2. The number of amides is 3. The van der Waals surface area contributed by atoms with E-state index in [0.717, 1.165) is 31.6 Å². The van der Waals surface area contributed by atoms with Crippen molar-refractivity contribution in [2.24, 2.45) is 0 Å². The summed E-state index contributed by atoms with van der Waals surface area (Å²) >= 11 is 5.71. The summed E-state index contributed by atoms with van der Waals surface area (Å²) in [5, 5.41) is 4.16. The second kappa shape index (κ2) is 7.55. The Morgan fingerprint density at radius 3 is 2.80 bits per heavy atom. The minimum atomic E-state index is -0.443. The molecule has 2 heterocycles. The van der Waals surface area contributed by atoms with E-state index in [2.05, 4.69) is 21.2 Å². The summed E-state index contributed by atoms with van der Waals surface area (Å²) in [6.07, 6.45) is 1.67. The normalized spacial score (nSPS) is 15.9. The molecular weight excluding hydrogens is 424 g/mol. The number of hydrogen-bond donors (Lipinski definition) is 1. The van der Waals surface area contributed by atoms with Crippen LogP contribution in [0.15, 0.2) is 45.1 Å². The molecule has 0 atom stereocenters. The molecule has 0 bridgehead atoms. The van der Waals surface area contributed by atoms with Gasteiger partial charge in [-0.15, -0.1) is 11.3 Å². The second-order valence-electron chi connectivity index (χ2n) is 5.31. The van der Waals surface area contributed by atoms with E-state index >= 15 is 0 Å². The van der Waals surface area contributed by atoms with E-state index in [1.54, 1.807) is 12.1 Å². The molecule has 1 aromatic heterocycles. The van der Waals surface area contributed by atoms with Crippen LogP contribution in [0.25, 0.3) is 6.08 Å². The Hall–Kier alpha value is -1.90. The smallest absolute Gasteiger partial charge is 0.294 e. The highest BCUT2D eigenvalue weighted by molar-refractivity contribution is 9.10. The third kappa shape index (κ3) is 4.20. The van der Waals surface area contributed by atoms with Crippen molar-refractivity contribution in [1.29, 1.82) is 0 Å².